The molecule has 1 heterocycles. The van der Waals surface area contributed by atoms with Crippen molar-refractivity contribution in [2.45, 2.75) is 50.6 Å². The maximum atomic E-state index is 3.80. The van der Waals surface area contributed by atoms with Crippen molar-refractivity contribution < 1.29 is 0 Å². The maximum absolute atomic E-state index is 3.80. The molecular formula is C16H23IN2. The Morgan fingerprint density at radius 1 is 1.11 bits per heavy atom. The van der Waals surface area contributed by atoms with Gasteiger partial charge in [0.15, 0.2) is 0 Å². The molecule has 0 amide bonds. The van der Waals surface area contributed by atoms with Crippen LogP contribution in [0.4, 0.5) is 5.69 Å². The number of hydrogen-bond donors (Lipinski definition) is 2. The van der Waals surface area contributed by atoms with E-state index in [2.05, 4.69) is 57.5 Å². The van der Waals surface area contributed by atoms with Gasteiger partial charge in [-0.15, -0.1) is 0 Å². The van der Waals surface area contributed by atoms with Gasteiger partial charge in [0, 0.05) is 21.3 Å². The number of nitrogens with one attached hydrogen (secondary N) is 2. The summed E-state index contributed by atoms with van der Waals surface area (Å²) in [6.07, 6.45) is 8.23. The molecule has 3 rings (SSSR count). The van der Waals surface area contributed by atoms with Crippen molar-refractivity contribution in [3.05, 3.63) is 27.8 Å². The Morgan fingerprint density at radius 3 is 2.79 bits per heavy atom. The van der Waals surface area contributed by atoms with E-state index in [0.717, 1.165) is 12.0 Å². The van der Waals surface area contributed by atoms with E-state index in [-0.39, 0.29) is 0 Å². The predicted octanol–water partition coefficient (Wildman–Crippen LogP) is 4.01. The van der Waals surface area contributed by atoms with Crippen molar-refractivity contribution in [2.24, 2.45) is 5.92 Å². The molecular weight excluding hydrogens is 347 g/mol. The van der Waals surface area contributed by atoms with E-state index in [4.69, 9.17) is 0 Å². The lowest BCUT2D eigenvalue weighted by molar-refractivity contribution is 0.263. The third-order valence-electron chi connectivity index (χ3n) is 4.61. The van der Waals surface area contributed by atoms with E-state index in [1.807, 2.05) is 0 Å². The van der Waals surface area contributed by atoms with Crippen LogP contribution >= 0.6 is 22.6 Å². The van der Waals surface area contributed by atoms with Gasteiger partial charge in [0.25, 0.3) is 0 Å². The minimum absolute atomic E-state index is 0.655. The van der Waals surface area contributed by atoms with Crippen LogP contribution < -0.4 is 10.6 Å². The molecule has 3 atom stereocenters. The van der Waals surface area contributed by atoms with E-state index in [1.165, 1.54) is 54.3 Å². The summed E-state index contributed by atoms with van der Waals surface area (Å²) >= 11 is 2.39. The molecule has 1 aromatic rings. The van der Waals surface area contributed by atoms with Gasteiger partial charge in [0.1, 0.15) is 0 Å². The fourth-order valence-corrected chi connectivity index (χ4v) is 4.23. The lowest BCUT2D eigenvalue weighted by Gasteiger charge is -2.36. The van der Waals surface area contributed by atoms with Crippen LogP contribution in [0.5, 0.6) is 0 Å². The van der Waals surface area contributed by atoms with Gasteiger partial charge in [-0.3, -0.25) is 0 Å². The number of halogens is 1. The molecule has 0 bridgehead atoms. The zero-order valence-corrected chi connectivity index (χ0v) is 13.5. The highest BCUT2D eigenvalue weighted by Crippen LogP contribution is 2.32. The SMILES string of the molecule is Ic1cccc(NC2CCCCC2C2CCCN2)c1. The van der Waals surface area contributed by atoms with Crippen LogP contribution in [0, 0.1) is 9.49 Å². The molecule has 0 spiro atoms. The van der Waals surface area contributed by atoms with Crippen LogP contribution in [-0.4, -0.2) is 18.6 Å². The average molecular weight is 370 g/mol. The minimum Gasteiger partial charge on any atom is -0.382 e. The van der Waals surface area contributed by atoms with Gasteiger partial charge in [0.2, 0.25) is 0 Å². The van der Waals surface area contributed by atoms with Gasteiger partial charge in [0.05, 0.1) is 0 Å². The normalized spacial score (nSPS) is 31.3. The monoisotopic (exact) mass is 370 g/mol. The Labute approximate surface area is 129 Å². The van der Waals surface area contributed by atoms with Crippen molar-refractivity contribution in [3.8, 4) is 0 Å². The summed E-state index contributed by atoms with van der Waals surface area (Å²) < 4.78 is 1.31. The average Bonchev–Trinajstić information content (AvgIpc) is 2.93. The van der Waals surface area contributed by atoms with Gasteiger partial charge in [-0.1, -0.05) is 18.9 Å². The van der Waals surface area contributed by atoms with Crippen LogP contribution in [0.3, 0.4) is 0 Å². The topological polar surface area (TPSA) is 24.1 Å². The molecule has 104 valence electrons. The van der Waals surface area contributed by atoms with E-state index in [1.54, 1.807) is 0 Å². The number of hydrogen-bond acceptors (Lipinski definition) is 2. The number of benzene rings is 1. The fourth-order valence-electron chi connectivity index (χ4n) is 3.69. The first-order valence-corrected chi connectivity index (χ1v) is 8.66. The molecule has 1 saturated heterocycles. The lowest BCUT2D eigenvalue weighted by Crippen LogP contribution is -2.43. The molecule has 1 aliphatic carbocycles. The Balaban J connectivity index is 1.69. The number of anilines is 1. The van der Waals surface area contributed by atoms with Crippen molar-refractivity contribution in [1.29, 1.82) is 0 Å². The third kappa shape index (κ3) is 3.43. The van der Waals surface area contributed by atoms with Gasteiger partial charge in [-0.25, -0.2) is 0 Å². The standard InChI is InChI=1S/C16H23IN2/c17-12-5-3-6-13(11-12)19-16-8-2-1-7-14(16)15-9-4-10-18-15/h3,5-6,11,14-16,18-19H,1-2,4,7-10H2. The summed E-state index contributed by atoms with van der Waals surface area (Å²) in [5.74, 6) is 0.814. The van der Waals surface area contributed by atoms with Crippen molar-refractivity contribution in [2.75, 3.05) is 11.9 Å². The van der Waals surface area contributed by atoms with E-state index < -0.39 is 0 Å². The molecule has 3 heteroatoms. The molecule has 0 aromatic heterocycles. The van der Waals surface area contributed by atoms with E-state index in [9.17, 15) is 0 Å². The van der Waals surface area contributed by atoms with Gasteiger partial charge >= 0.3 is 0 Å². The molecule has 1 aliphatic heterocycles. The van der Waals surface area contributed by atoms with Crippen molar-refractivity contribution in [1.82, 2.24) is 5.32 Å². The Morgan fingerprint density at radius 2 is 2.00 bits per heavy atom. The fraction of sp³-hybridized carbons (Fsp3) is 0.625. The molecule has 19 heavy (non-hydrogen) atoms. The summed E-state index contributed by atoms with van der Waals surface area (Å²) in [5.41, 5.74) is 1.29. The van der Waals surface area contributed by atoms with Crippen molar-refractivity contribution in [3.63, 3.8) is 0 Å². The Bertz CT molecular complexity index is 415. The van der Waals surface area contributed by atoms with Gasteiger partial charge < -0.3 is 10.6 Å². The zero-order chi connectivity index (χ0) is 13.1. The second kappa shape index (κ2) is 6.44. The Hall–Kier alpha value is -0.290. The van der Waals surface area contributed by atoms with Crippen LogP contribution in [0.2, 0.25) is 0 Å². The summed E-state index contributed by atoms with van der Waals surface area (Å²) in [6.45, 7) is 1.22. The predicted molar refractivity (Wildman–Crippen MR) is 89.6 cm³/mol. The molecule has 2 N–H and O–H groups in total. The molecule has 2 aliphatic rings. The van der Waals surface area contributed by atoms with Crippen LogP contribution in [0.15, 0.2) is 24.3 Å². The maximum Gasteiger partial charge on any atom is 0.0353 e. The quantitative estimate of drug-likeness (QED) is 0.786. The first-order valence-electron chi connectivity index (χ1n) is 7.58. The number of rotatable bonds is 3. The van der Waals surface area contributed by atoms with E-state index >= 15 is 0 Å². The summed E-state index contributed by atoms with van der Waals surface area (Å²) in [5, 5.41) is 7.52. The van der Waals surface area contributed by atoms with Gasteiger partial charge in [-0.2, -0.15) is 0 Å². The molecule has 2 fully saturated rings. The Kier molecular flexibility index (Phi) is 4.64. The molecule has 0 radical (unpaired) electrons. The summed E-state index contributed by atoms with van der Waals surface area (Å²) in [7, 11) is 0. The van der Waals surface area contributed by atoms with Gasteiger partial charge in [-0.05, 0) is 78.9 Å². The third-order valence-corrected chi connectivity index (χ3v) is 5.28. The van der Waals surface area contributed by atoms with Crippen molar-refractivity contribution >= 4 is 28.3 Å². The first-order chi connectivity index (χ1) is 9.33. The highest BCUT2D eigenvalue weighted by Gasteiger charge is 2.33. The summed E-state index contributed by atoms with van der Waals surface area (Å²) in [6, 6.07) is 10.2. The smallest absolute Gasteiger partial charge is 0.0353 e. The summed E-state index contributed by atoms with van der Waals surface area (Å²) in [4.78, 5) is 0. The highest BCUT2D eigenvalue weighted by atomic mass is 127. The molecule has 3 unspecified atom stereocenters. The zero-order valence-electron chi connectivity index (χ0n) is 11.4. The van der Waals surface area contributed by atoms with Crippen LogP contribution in [0.1, 0.15) is 38.5 Å². The lowest BCUT2D eigenvalue weighted by atomic mass is 9.79. The van der Waals surface area contributed by atoms with E-state index in [0.29, 0.717) is 6.04 Å². The molecule has 1 aromatic carbocycles. The minimum atomic E-state index is 0.655. The molecule has 1 saturated carbocycles. The second-order valence-corrected chi connectivity index (χ2v) is 7.16. The highest BCUT2D eigenvalue weighted by molar-refractivity contribution is 14.1. The largest absolute Gasteiger partial charge is 0.382 e. The second-order valence-electron chi connectivity index (χ2n) is 5.91. The molecule has 2 nitrogen and oxygen atoms in total. The van der Waals surface area contributed by atoms with Crippen LogP contribution in [0.25, 0.3) is 0 Å². The first kappa shape index (κ1) is 13.7. The van der Waals surface area contributed by atoms with Crippen LogP contribution in [-0.2, 0) is 0 Å².